The summed E-state index contributed by atoms with van der Waals surface area (Å²) < 4.78 is 5.45. The normalized spacial score (nSPS) is 10.8. The minimum absolute atomic E-state index is 0.0315. The van der Waals surface area contributed by atoms with Crippen molar-refractivity contribution in [3.05, 3.63) is 102 Å². The molecule has 0 saturated heterocycles. The van der Waals surface area contributed by atoms with Gasteiger partial charge in [-0.15, -0.1) is 0 Å². The molecule has 0 fully saturated rings. The van der Waals surface area contributed by atoms with Gasteiger partial charge >= 0.3 is 0 Å². The number of hydrogen-bond donors (Lipinski definition) is 0. The van der Waals surface area contributed by atoms with E-state index < -0.39 is 0 Å². The topological polar surface area (TPSA) is 46.3 Å². The highest BCUT2D eigenvalue weighted by Crippen LogP contribution is 2.19. The Labute approximate surface area is 151 Å². The molecule has 0 aliphatic heterocycles. The van der Waals surface area contributed by atoms with Gasteiger partial charge in [-0.25, -0.2) is 0 Å². The molecular formula is C22H18N2O2. The standard InChI is InChI=1S/C22H18N2O2/c25-22(20-10-9-18-6-1-2-7-19(18)13-20)24(16-21-8-4-12-26-21)15-17-5-3-11-23-14-17/h1-14H,15-16H2. The molecule has 0 unspecified atom stereocenters. The molecule has 2 heterocycles. The van der Waals surface area contributed by atoms with Gasteiger partial charge in [0.05, 0.1) is 12.8 Å². The summed E-state index contributed by atoms with van der Waals surface area (Å²) in [5, 5.41) is 2.17. The van der Waals surface area contributed by atoms with Gasteiger partial charge in [0.1, 0.15) is 5.76 Å². The number of furan rings is 1. The van der Waals surface area contributed by atoms with Gasteiger partial charge in [-0.2, -0.15) is 0 Å². The van der Waals surface area contributed by atoms with Gasteiger partial charge < -0.3 is 9.32 Å². The Kier molecular flexibility index (Phi) is 4.48. The Hall–Kier alpha value is -3.40. The van der Waals surface area contributed by atoms with Crippen LogP contribution < -0.4 is 0 Å². The second-order valence-electron chi connectivity index (χ2n) is 6.16. The van der Waals surface area contributed by atoms with E-state index in [4.69, 9.17) is 4.42 Å². The smallest absolute Gasteiger partial charge is 0.254 e. The lowest BCUT2D eigenvalue weighted by molar-refractivity contribution is 0.0717. The molecule has 0 N–H and O–H groups in total. The maximum Gasteiger partial charge on any atom is 0.254 e. The lowest BCUT2D eigenvalue weighted by Gasteiger charge is -2.22. The molecule has 4 nitrogen and oxygen atoms in total. The Bertz CT molecular complexity index is 1010. The minimum Gasteiger partial charge on any atom is -0.467 e. The van der Waals surface area contributed by atoms with Crippen molar-refractivity contribution < 1.29 is 9.21 Å². The quantitative estimate of drug-likeness (QED) is 0.529. The van der Waals surface area contributed by atoms with E-state index in [0.717, 1.165) is 22.1 Å². The van der Waals surface area contributed by atoms with Crippen LogP contribution >= 0.6 is 0 Å². The van der Waals surface area contributed by atoms with Crippen molar-refractivity contribution in [1.82, 2.24) is 9.88 Å². The second kappa shape index (κ2) is 7.23. The number of carbonyl (C=O) groups excluding carboxylic acids is 1. The van der Waals surface area contributed by atoms with Crippen LogP contribution in [0.5, 0.6) is 0 Å². The predicted molar refractivity (Wildman–Crippen MR) is 100 cm³/mol. The first kappa shape index (κ1) is 16.1. The van der Waals surface area contributed by atoms with Crippen LogP contribution in [0.4, 0.5) is 0 Å². The third kappa shape index (κ3) is 3.49. The summed E-state index contributed by atoms with van der Waals surface area (Å²) >= 11 is 0. The number of amides is 1. The zero-order valence-electron chi connectivity index (χ0n) is 14.2. The average Bonchev–Trinajstić information content (AvgIpc) is 3.20. The third-order valence-corrected chi connectivity index (χ3v) is 4.31. The molecule has 26 heavy (non-hydrogen) atoms. The molecule has 2 aromatic carbocycles. The van der Waals surface area contributed by atoms with Crippen LogP contribution in [0.15, 0.2) is 89.8 Å². The molecule has 2 aromatic heterocycles. The highest BCUT2D eigenvalue weighted by atomic mass is 16.3. The number of fused-ring (bicyclic) bond motifs is 1. The lowest BCUT2D eigenvalue weighted by atomic mass is 10.1. The lowest BCUT2D eigenvalue weighted by Crippen LogP contribution is -2.30. The molecule has 4 aromatic rings. The first-order chi connectivity index (χ1) is 12.8. The molecule has 1 amide bonds. The molecular weight excluding hydrogens is 324 g/mol. The van der Waals surface area contributed by atoms with Crippen LogP contribution in [-0.4, -0.2) is 15.8 Å². The van der Waals surface area contributed by atoms with Gasteiger partial charge in [0.2, 0.25) is 0 Å². The number of nitrogens with zero attached hydrogens (tertiary/aromatic N) is 2. The minimum atomic E-state index is -0.0315. The van der Waals surface area contributed by atoms with E-state index in [9.17, 15) is 4.79 Å². The molecule has 4 rings (SSSR count). The Morgan fingerprint density at radius 1 is 0.923 bits per heavy atom. The molecule has 0 aliphatic carbocycles. The fraction of sp³-hybridized carbons (Fsp3) is 0.0909. The van der Waals surface area contributed by atoms with Crippen LogP contribution in [0.2, 0.25) is 0 Å². The summed E-state index contributed by atoms with van der Waals surface area (Å²) in [7, 11) is 0. The van der Waals surface area contributed by atoms with Crippen molar-refractivity contribution >= 4 is 16.7 Å². The van der Waals surface area contributed by atoms with Crippen LogP contribution in [0.3, 0.4) is 0 Å². The number of pyridine rings is 1. The largest absolute Gasteiger partial charge is 0.467 e. The summed E-state index contributed by atoms with van der Waals surface area (Å²) in [6.07, 6.45) is 5.13. The molecule has 0 spiro atoms. The molecule has 0 bridgehead atoms. The van der Waals surface area contributed by atoms with Crippen molar-refractivity contribution in [3.63, 3.8) is 0 Å². The zero-order chi connectivity index (χ0) is 17.8. The van der Waals surface area contributed by atoms with E-state index in [0.29, 0.717) is 18.7 Å². The van der Waals surface area contributed by atoms with Crippen LogP contribution in [0.1, 0.15) is 21.7 Å². The number of benzene rings is 2. The Morgan fingerprint density at radius 3 is 2.58 bits per heavy atom. The monoisotopic (exact) mass is 342 g/mol. The van der Waals surface area contributed by atoms with Gasteiger partial charge in [0.15, 0.2) is 0 Å². The maximum atomic E-state index is 13.2. The van der Waals surface area contributed by atoms with Gasteiger partial charge in [0.25, 0.3) is 5.91 Å². The van der Waals surface area contributed by atoms with E-state index in [2.05, 4.69) is 4.98 Å². The van der Waals surface area contributed by atoms with Crippen LogP contribution in [-0.2, 0) is 13.1 Å². The van der Waals surface area contributed by atoms with E-state index in [-0.39, 0.29) is 5.91 Å². The van der Waals surface area contributed by atoms with Crippen molar-refractivity contribution in [2.24, 2.45) is 0 Å². The first-order valence-electron chi connectivity index (χ1n) is 8.49. The van der Waals surface area contributed by atoms with E-state index >= 15 is 0 Å². The molecule has 0 atom stereocenters. The van der Waals surface area contributed by atoms with Crippen LogP contribution in [0.25, 0.3) is 10.8 Å². The number of aromatic nitrogens is 1. The molecule has 0 saturated carbocycles. The number of hydrogen-bond acceptors (Lipinski definition) is 3. The summed E-state index contributed by atoms with van der Waals surface area (Å²) in [5.74, 6) is 0.721. The number of rotatable bonds is 5. The first-order valence-corrected chi connectivity index (χ1v) is 8.49. The van der Waals surface area contributed by atoms with Gasteiger partial charge in [-0.1, -0.05) is 36.4 Å². The number of carbonyl (C=O) groups is 1. The Balaban J connectivity index is 1.65. The summed E-state index contributed by atoms with van der Waals surface area (Å²) in [5.41, 5.74) is 1.65. The maximum absolute atomic E-state index is 13.2. The van der Waals surface area contributed by atoms with E-state index in [1.807, 2.05) is 66.7 Å². The zero-order valence-corrected chi connectivity index (χ0v) is 14.2. The molecule has 4 heteroatoms. The van der Waals surface area contributed by atoms with Crippen molar-refractivity contribution in [2.45, 2.75) is 13.1 Å². The molecule has 0 aliphatic rings. The average molecular weight is 342 g/mol. The SMILES string of the molecule is O=C(c1ccc2ccccc2c1)N(Cc1cccnc1)Cc1ccco1. The highest BCUT2D eigenvalue weighted by Gasteiger charge is 2.18. The van der Waals surface area contributed by atoms with Crippen molar-refractivity contribution in [2.75, 3.05) is 0 Å². The Morgan fingerprint density at radius 2 is 1.81 bits per heavy atom. The third-order valence-electron chi connectivity index (χ3n) is 4.31. The van der Waals surface area contributed by atoms with Gasteiger partial charge in [0, 0.05) is 24.5 Å². The van der Waals surface area contributed by atoms with E-state index in [1.165, 1.54) is 0 Å². The van der Waals surface area contributed by atoms with Crippen molar-refractivity contribution in [3.8, 4) is 0 Å². The fourth-order valence-corrected chi connectivity index (χ4v) is 3.01. The van der Waals surface area contributed by atoms with Crippen molar-refractivity contribution in [1.29, 1.82) is 0 Å². The fourth-order valence-electron chi connectivity index (χ4n) is 3.01. The van der Waals surface area contributed by atoms with Gasteiger partial charge in [-0.05, 0) is 46.7 Å². The second-order valence-corrected chi connectivity index (χ2v) is 6.16. The predicted octanol–water partition coefficient (Wildman–Crippen LogP) is 4.67. The van der Waals surface area contributed by atoms with Crippen LogP contribution in [0, 0.1) is 0 Å². The molecule has 128 valence electrons. The summed E-state index contributed by atoms with van der Waals surface area (Å²) in [6, 6.07) is 21.4. The van der Waals surface area contributed by atoms with E-state index in [1.54, 1.807) is 23.6 Å². The summed E-state index contributed by atoms with van der Waals surface area (Å²) in [4.78, 5) is 19.1. The summed E-state index contributed by atoms with van der Waals surface area (Å²) in [6.45, 7) is 0.883. The molecule has 0 radical (unpaired) electrons. The van der Waals surface area contributed by atoms with Gasteiger partial charge in [-0.3, -0.25) is 9.78 Å². The highest BCUT2D eigenvalue weighted by molar-refractivity contribution is 5.98.